The molecule has 54 heavy (non-hydrogen) atoms. The number of aliphatic hydroxyl groups is 5. The molecule has 2 saturated heterocycles. The molecule has 0 bridgehead atoms. The van der Waals surface area contributed by atoms with Crippen LogP contribution in [-0.2, 0) is 42.7 Å². The largest absolute Gasteiger partial charge is 0.462 e. The smallest absolute Gasteiger partial charge is 0.331 e. The molecule has 4 saturated carbocycles. The Kier molecular flexibility index (Phi) is 10.7. The fourth-order valence-electron chi connectivity index (χ4n) is 12.6. The standard InChI is InChI=1S/C40H62O14/c1-20-34(54-39(6)35(46)33(45)32(44)29(18-41)53-39)28(48-7)16-38(5,51-20)52-24-10-12-36(3)23(15-24)8-9-26-25(36)11-13-37(4)31(22-14-30(43)49-19-22)27(50-21(2)42)17-40(26,37)47/h14,20,23-29,31-35,41,44-47H,8-13,15-19H2,1-7H3. The SMILES string of the molecule is COC1CC(C)(OC2CCC3(C)C(CCC4C3CCC3(C)C(C5=CC(=O)OC5)C(OC(C)=O)CC43O)C2)OC(C)C1OC1(C)OC(CO)C(O)C(O)C1O. The minimum absolute atomic E-state index is 0.0168. The van der Waals surface area contributed by atoms with Crippen LogP contribution in [0.2, 0.25) is 0 Å². The van der Waals surface area contributed by atoms with Gasteiger partial charge in [0.2, 0.25) is 0 Å². The van der Waals surface area contributed by atoms with Crippen LogP contribution in [0.4, 0.5) is 0 Å². The minimum Gasteiger partial charge on any atom is -0.462 e. The van der Waals surface area contributed by atoms with E-state index >= 15 is 0 Å². The summed E-state index contributed by atoms with van der Waals surface area (Å²) in [5.74, 6) is -3.13. The summed E-state index contributed by atoms with van der Waals surface area (Å²) < 4.78 is 42.6. The zero-order chi connectivity index (χ0) is 39.2. The maximum Gasteiger partial charge on any atom is 0.331 e. The second kappa shape index (κ2) is 14.3. The molecule has 0 amide bonds. The van der Waals surface area contributed by atoms with Gasteiger partial charge >= 0.3 is 11.9 Å². The molecule has 3 heterocycles. The molecule has 306 valence electrons. The Balaban J connectivity index is 1.03. The monoisotopic (exact) mass is 766 g/mol. The summed E-state index contributed by atoms with van der Waals surface area (Å²) in [5.41, 5.74) is -0.836. The molecule has 14 heteroatoms. The normalized spacial score (nSPS) is 53.1. The maximum atomic E-state index is 12.9. The molecule has 0 aromatic carbocycles. The average molecular weight is 767 g/mol. The number of aliphatic hydroxyl groups excluding tert-OH is 4. The van der Waals surface area contributed by atoms with Gasteiger partial charge in [-0.1, -0.05) is 13.8 Å². The highest BCUT2D eigenvalue weighted by Gasteiger charge is 2.71. The predicted molar refractivity (Wildman–Crippen MR) is 189 cm³/mol. The lowest BCUT2D eigenvalue weighted by Crippen LogP contribution is -2.67. The molecule has 0 aromatic rings. The summed E-state index contributed by atoms with van der Waals surface area (Å²) in [6.07, 6.45) is 0.0575. The van der Waals surface area contributed by atoms with Crippen LogP contribution < -0.4 is 0 Å². The number of cyclic esters (lactones) is 1. The van der Waals surface area contributed by atoms with Gasteiger partial charge in [0.15, 0.2) is 11.6 Å². The van der Waals surface area contributed by atoms with Crippen molar-refractivity contribution in [1.29, 1.82) is 0 Å². The Morgan fingerprint density at radius 3 is 2.33 bits per heavy atom. The van der Waals surface area contributed by atoms with Gasteiger partial charge in [0.25, 0.3) is 0 Å². The molecular formula is C40H62O14. The van der Waals surface area contributed by atoms with E-state index in [1.807, 2.05) is 13.8 Å². The van der Waals surface area contributed by atoms with Crippen molar-refractivity contribution in [3.63, 3.8) is 0 Å². The van der Waals surface area contributed by atoms with Crippen LogP contribution in [-0.4, -0.2) is 130 Å². The first-order valence-electron chi connectivity index (χ1n) is 20.0. The summed E-state index contributed by atoms with van der Waals surface area (Å²) in [5, 5.41) is 54.2. The fraction of sp³-hybridized carbons (Fsp3) is 0.900. The Labute approximate surface area is 317 Å². The summed E-state index contributed by atoms with van der Waals surface area (Å²) in [7, 11) is 1.57. The topological polar surface area (TPSA) is 200 Å². The maximum absolute atomic E-state index is 12.9. The van der Waals surface area contributed by atoms with Gasteiger partial charge < -0.3 is 58.7 Å². The van der Waals surface area contributed by atoms with E-state index in [1.54, 1.807) is 7.11 Å². The molecule has 18 unspecified atom stereocenters. The number of esters is 2. The van der Waals surface area contributed by atoms with Crippen LogP contribution in [0.1, 0.15) is 99.3 Å². The predicted octanol–water partition coefficient (Wildman–Crippen LogP) is 2.29. The van der Waals surface area contributed by atoms with Gasteiger partial charge in [0, 0.05) is 44.3 Å². The van der Waals surface area contributed by atoms with Crippen molar-refractivity contribution in [2.24, 2.45) is 34.5 Å². The number of hydrogen-bond acceptors (Lipinski definition) is 14. The van der Waals surface area contributed by atoms with Crippen molar-refractivity contribution in [2.45, 2.75) is 171 Å². The van der Waals surface area contributed by atoms with Gasteiger partial charge in [-0.25, -0.2) is 4.79 Å². The zero-order valence-electron chi connectivity index (χ0n) is 32.8. The third-order valence-corrected chi connectivity index (χ3v) is 15.3. The van der Waals surface area contributed by atoms with Crippen LogP contribution in [0.3, 0.4) is 0 Å². The van der Waals surface area contributed by atoms with E-state index in [9.17, 15) is 35.1 Å². The number of fused-ring (bicyclic) bond motifs is 5. The molecule has 18 atom stereocenters. The average Bonchev–Trinajstić information content (AvgIpc) is 3.62. The quantitative estimate of drug-likeness (QED) is 0.178. The van der Waals surface area contributed by atoms with E-state index in [0.717, 1.165) is 50.5 Å². The number of carbonyl (C=O) groups is 2. The van der Waals surface area contributed by atoms with Gasteiger partial charge in [-0.3, -0.25) is 4.79 Å². The lowest BCUT2D eigenvalue weighted by atomic mass is 9.43. The van der Waals surface area contributed by atoms with Crippen molar-refractivity contribution in [1.82, 2.24) is 0 Å². The summed E-state index contributed by atoms with van der Waals surface area (Å²) in [6, 6.07) is 0. The second-order valence-corrected chi connectivity index (χ2v) is 18.3. The Morgan fingerprint density at radius 1 is 0.944 bits per heavy atom. The first-order valence-corrected chi connectivity index (χ1v) is 20.0. The van der Waals surface area contributed by atoms with Crippen molar-refractivity contribution in [3.05, 3.63) is 11.6 Å². The first kappa shape index (κ1) is 40.5. The Bertz CT molecular complexity index is 1470. The van der Waals surface area contributed by atoms with Crippen LogP contribution in [0.5, 0.6) is 0 Å². The highest BCUT2D eigenvalue weighted by atomic mass is 16.8. The molecule has 7 aliphatic rings. The molecule has 0 aromatic heterocycles. The fourth-order valence-corrected chi connectivity index (χ4v) is 12.6. The Morgan fingerprint density at radius 2 is 1.69 bits per heavy atom. The number of ether oxygens (including phenoxy) is 7. The highest BCUT2D eigenvalue weighted by molar-refractivity contribution is 5.85. The van der Waals surface area contributed by atoms with Gasteiger partial charge in [0.05, 0.1) is 30.5 Å². The molecule has 6 fully saturated rings. The van der Waals surface area contributed by atoms with Crippen molar-refractivity contribution in [3.8, 4) is 0 Å². The van der Waals surface area contributed by atoms with Crippen LogP contribution in [0.25, 0.3) is 0 Å². The molecule has 5 N–H and O–H groups in total. The molecule has 14 nitrogen and oxygen atoms in total. The molecule has 3 aliphatic heterocycles. The minimum atomic E-state index is -1.75. The van der Waals surface area contributed by atoms with Crippen LogP contribution >= 0.6 is 0 Å². The van der Waals surface area contributed by atoms with Crippen molar-refractivity contribution in [2.75, 3.05) is 20.3 Å². The Hall–Kier alpha value is -1.72. The van der Waals surface area contributed by atoms with E-state index < -0.39 is 78.0 Å². The van der Waals surface area contributed by atoms with Crippen molar-refractivity contribution >= 4 is 11.9 Å². The third kappa shape index (κ3) is 6.48. The molecular weight excluding hydrogens is 704 g/mol. The van der Waals surface area contributed by atoms with Gasteiger partial charge in [-0.05, 0) is 94.5 Å². The molecule has 7 rings (SSSR count). The summed E-state index contributed by atoms with van der Waals surface area (Å²) in [6.45, 7) is 10.7. The van der Waals surface area contributed by atoms with E-state index in [-0.39, 0.29) is 47.8 Å². The third-order valence-electron chi connectivity index (χ3n) is 15.3. The molecule has 4 aliphatic carbocycles. The number of rotatable bonds is 8. The zero-order valence-corrected chi connectivity index (χ0v) is 32.8. The van der Waals surface area contributed by atoms with E-state index in [4.69, 9.17) is 33.2 Å². The molecule has 0 radical (unpaired) electrons. The van der Waals surface area contributed by atoms with E-state index in [1.165, 1.54) is 19.9 Å². The van der Waals surface area contributed by atoms with Gasteiger partial charge in [-0.2, -0.15) is 0 Å². The number of methoxy groups -OCH3 is 1. The van der Waals surface area contributed by atoms with Crippen molar-refractivity contribution < 1.29 is 68.3 Å². The lowest BCUT2D eigenvalue weighted by molar-refractivity contribution is -0.400. The van der Waals surface area contributed by atoms with Crippen LogP contribution in [0.15, 0.2) is 11.6 Å². The lowest BCUT2D eigenvalue weighted by Gasteiger charge is -2.63. The summed E-state index contributed by atoms with van der Waals surface area (Å²) in [4.78, 5) is 24.4. The van der Waals surface area contributed by atoms with Crippen LogP contribution in [0, 0.1) is 34.5 Å². The van der Waals surface area contributed by atoms with Gasteiger partial charge in [0.1, 0.15) is 43.2 Å². The number of hydrogen-bond donors (Lipinski definition) is 5. The number of carbonyl (C=O) groups excluding carboxylic acids is 2. The highest BCUT2D eigenvalue weighted by Crippen LogP contribution is 2.70. The van der Waals surface area contributed by atoms with E-state index in [0.29, 0.717) is 18.8 Å². The molecule has 0 spiro atoms. The van der Waals surface area contributed by atoms with E-state index in [2.05, 4.69) is 13.8 Å². The first-order chi connectivity index (χ1) is 25.3. The van der Waals surface area contributed by atoms with Gasteiger partial charge in [-0.15, -0.1) is 0 Å². The summed E-state index contributed by atoms with van der Waals surface area (Å²) >= 11 is 0. The second-order valence-electron chi connectivity index (χ2n) is 18.3.